The fourth-order valence-electron chi connectivity index (χ4n) is 2.47. The van der Waals surface area contributed by atoms with E-state index in [9.17, 15) is 4.79 Å². The number of benzene rings is 2. The van der Waals surface area contributed by atoms with Gasteiger partial charge in [-0.05, 0) is 47.7 Å². The monoisotopic (exact) mass is 280 g/mol. The third-order valence-electron chi connectivity index (χ3n) is 3.63. The number of rotatable bonds is 4. The largest absolute Gasteiger partial charge is 0.489 e. The molecule has 2 aromatic carbocycles. The molecule has 21 heavy (non-hydrogen) atoms. The van der Waals surface area contributed by atoms with Gasteiger partial charge < -0.3 is 9.84 Å². The topological polar surface area (TPSA) is 46.5 Å². The van der Waals surface area contributed by atoms with Crippen LogP contribution >= 0.6 is 0 Å². The molecular weight excluding hydrogens is 264 g/mol. The fourth-order valence-corrected chi connectivity index (χ4v) is 2.47. The third kappa shape index (κ3) is 3.14. The molecule has 0 spiro atoms. The van der Waals surface area contributed by atoms with Crippen LogP contribution < -0.4 is 4.74 Å². The molecule has 0 saturated carbocycles. The lowest BCUT2D eigenvalue weighted by Gasteiger charge is -2.15. The van der Waals surface area contributed by atoms with Crippen molar-refractivity contribution in [2.45, 2.75) is 19.4 Å². The first-order chi connectivity index (χ1) is 10.2. The van der Waals surface area contributed by atoms with E-state index in [4.69, 9.17) is 9.84 Å². The first kappa shape index (κ1) is 13.4. The molecule has 0 atom stereocenters. The van der Waals surface area contributed by atoms with Gasteiger partial charge in [0, 0.05) is 5.57 Å². The molecule has 1 N–H and O–H groups in total. The number of hydrogen-bond donors (Lipinski definition) is 1. The highest BCUT2D eigenvalue weighted by Crippen LogP contribution is 2.27. The van der Waals surface area contributed by atoms with E-state index >= 15 is 0 Å². The second-order valence-electron chi connectivity index (χ2n) is 5.11. The van der Waals surface area contributed by atoms with Gasteiger partial charge in [-0.1, -0.05) is 36.4 Å². The van der Waals surface area contributed by atoms with E-state index in [-0.39, 0.29) is 0 Å². The molecule has 0 aromatic heterocycles. The summed E-state index contributed by atoms with van der Waals surface area (Å²) in [7, 11) is 0. The van der Waals surface area contributed by atoms with Gasteiger partial charge in [0.1, 0.15) is 12.4 Å². The molecule has 0 aliphatic heterocycles. The second-order valence-corrected chi connectivity index (χ2v) is 5.11. The van der Waals surface area contributed by atoms with Crippen LogP contribution in [0, 0.1) is 0 Å². The minimum Gasteiger partial charge on any atom is -0.489 e. The van der Waals surface area contributed by atoms with Crippen molar-refractivity contribution in [1.82, 2.24) is 0 Å². The Morgan fingerprint density at radius 2 is 1.90 bits per heavy atom. The summed E-state index contributed by atoms with van der Waals surface area (Å²) < 4.78 is 5.80. The number of fused-ring (bicyclic) bond motifs is 1. The molecule has 3 nitrogen and oxygen atoms in total. The number of aliphatic carboxylic acids is 1. The van der Waals surface area contributed by atoms with Crippen molar-refractivity contribution in [3.63, 3.8) is 0 Å². The predicted molar refractivity (Wildman–Crippen MR) is 81.1 cm³/mol. The molecule has 106 valence electrons. The Kier molecular flexibility index (Phi) is 3.73. The maximum Gasteiger partial charge on any atom is 0.331 e. The van der Waals surface area contributed by atoms with Crippen molar-refractivity contribution in [2.24, 2.45) is 0 Å². The van der Waals surface area contributed by atoms with E-state index in [1.54, 1.807) is 6.08 Å². The quantitative estimate of drug-likeness (QED) is 0.929. The Labute approximate surface area is 123 Å². The van der Waals surface area contributed by atoms with Gasteiger partial charge in [-0.25, -0.2) is 4.79 Å². The SMILES string of the molecule is O=C(O)C1=Cc2ccc(OCc3ccccc3)cc2CC1. The molecular formula is C18H16O3. The van der Waals surface area contributed by atoms with E-state index < -0.39 is 5.97 Å². The zero-order chi connectivity index (χ0) is 14.7. The normalized spacial score (nSPS) is 13.2. The van der Waals surface area contributed by atoms with Crippen molar-refractivity contribution in [3.8, 4) is 5.75 Å². The number of carbonyl (C=O) groups is 1. The molecule has 1 aliphatic rings. The molecule has 0 unspecified atom stereocenters. The molecule has 0 saturated heterocycles. The van der Waals surface area contributed by atoms with E-state index in [0.29, 0.717) is 18.6 Å². The molecule has 3 heteroatoms. The highest BCUT2D eigenvalue weighted by molar-refractivity contribution is 5.93. The van der Waals surface area contributed by atoms with Crippen LogP contribution in [0.3, 0.4) is 0 Å². The molecule has 3 rings (SSSR count). The van der Waals surface area contributed by atoms with Crippen molar-refractivity contribution in [2.75, 3.05) is 0 Å². The molecule has 0 radical (unpaired) electrons. The van der Waals surface area contributed by atoms with Gasteiger partial charge in [-0.2, -0.15) is 0 Å². The van der Waals surface area contributed by atoms with Gasteiger partial charge in [0.15, 0.2) is 0 Å². The highest BCUT2D eigenvalue weighted by atomic mass is 16.5. The minimum atomic E-state index is -0.829. The van der Waals surface area contributed by atoms with Gasteiger partial charge >= 0.3 is 5.97 Å². The van der Waals surface area contributed by atoms with Crippen LogP contribution in [0.1, 0.15) is 23.1 Å². The Balaban J connectivity index is 1.74. The Bertz CT molecular complexity index is 687. The molecule has 0 fully saturated rings. The summed E-state index contributed by atoms with van der Waals surface area (Å²) in [4.78, 5) is 11.0. The van der Waals surface area contributed by atoms with E-state index in [2.05, 4.69) is 0 Å². The van der Waals surface area contributed by atoms with Crippen LogP contribution in [0.5, 0.6) is 5.75 Å². The predicted octanol–water partition coefficient (Wildman–Crippen LogP) is 3.68. The molecule has 2 aromatic rings. The Morgan fingerprint density at radius 3 is 2.67 bits per heavy atom. The highest BCUT2D eigenvalue weighted by Gasteiger charge is 2.15. The zero-order valence-electron chi connectivity index (χ0n) is 11.6. The summed E-state index contributed by atoms with van der Waals surface area (Å²) in [5.74, 6) is -0.00479. The number of aryl methyl sites for hydroxylation is 1. The standard InChI is InChI=1S/C18H16O3/c19-18(20)16-7-6-15-11-17(9-8-14(15)10-16)21-12-13-4-2-1-3-5-13/h1-5,8-11H,6-7,12H2,(H,19,20). The minimum absolute atomic E-state index is 0.473. The summed E-state index contributed by atoms with van der Waals surface area (Å²) in [5.41, 5.74) is 3.72. The third-order valence-corrected chi connectivity index (χ3v) is 3.63. The smallest absolute Gasteiger partial charge is 0.331 e. The van der Waals surface area contributed by atoms with Crippen LogP contribution in [0.25, 0.3) is 6.08 Å². The van der Waals surface area contributed by atoms with Gasteiger partial charge in [0.25, 0.3) is 0 Å². The van der Waals surface area contributed by atoms with Crippen LogP contribution in [0.2, 0.25) is 0 Å². The van der Waals surface area contributed by atoms with Gasteiger partial charge in [-0.3, -0.25) is 0 Å². The molecule has 1 aliphatic carbocycles. The lowest BCUT2D eigenvalue weighted by molar-refractivity contribution is -0.132. The van der Waals surface area contributed by atoms with Crippen LogP contribution in [0.15, 0.2) is 54.1 Å². The lowest BCUT2D eigenvalue weighted by atomic mass is 9.92. The van der Waals surface area contributed by atoms with Crippen molar-refractivity contribution in [1.29, 1.82) is 0 Å². The van der Waals surface area contributed by atoms with Crippen molar-refractivity contribution in [3.05, 3.63) is 70.8 Å². The van der Waals surface area contributed by atoms with Crippen LogP contribution in [-0.2, 0) is 17.8 Å². The summed E-state index contributed by atoms with van der Waals surface area (Å²) >= 11 is 0. The summed E-state index contributed by atoms with van der Waals surface area (Å²) in [6.45, 7) is 0.538. The van der Waals surface area contributed by atoms with Gasteiger partial charge in [0.2, 0.25) is 0 Å². The Morgan fingerprint density at radius 1 is 1.10 bits per heavy atom. The molecule has 0 amide bonds. The first-order valence-electron chi connectivity index (χ1n) is 6.96. The number of hydrogen-bond acceptors (Lipinski definition) is 2. The summed E-state index contributed by atoms with van der Waals surface area (Å²) in [5, 5.41) is 9.04. The molecule has 0 heterocycles. The van der Waals surface area contributed by atoms with E-state index in [1.807, 2.05) is 48.5 Å². The maximum absolute atomic E-state index is 11.0. The van der Waals surface area contributed by atoms with E-state index in [0.717, 1.165) is 28.9 Å². The number of carboxylic acid groups (broad SMARTS) is 1. The van der Waals surface area contributed by atoms with Crippen molar-refractivity contribution < 1.29 is 14.6 Å². The second kappa shape index (κ2) is 5.83. The van der Waals surface area contributed by atoms with Crippen molar-refractivity contribution >= 4 is 12.0 Å². The average Bonchev–Trinajstić information content (AvgIpc) is 2.53. The zero-order valence-corrected chi connectivity index (χ0v) is 11.6. The molecule has 0 bridgehead atoms. The Hall–Kier alpha value is -2.55. The average molecular weight is 280 g/mol. The van der Waals surface area contributed by atoms with Gasteiger partial charge in [0.05, 0.1) is 0 Å². The number of ether oxygens (including phenoxy) is 1. The van der Waals surface area contributed by atoms with E-state index in [1.165, 1.54) is 0 Å². The van der Waals surface area contributed by atoms with Gasteiger partial charge in [-0.15, -0.1) is 0 Å². The maximum atomic E-state index is 11.0. The lowest BCUT2D eigenvalue weighted by Crippen LogP contribution is -2.07. The summed E-state index contributed by atoms with van der Waals surface area (Å²) in [6, 6.07) is 15.8. The fraction of sp³-hybridized carbons (Fsp3) is 0.167. The van der Waals surface area contributed by atoms with Crippen LogP contribution in [0.4, 0.5) is 0 Å². The van der Waals surface area contributed by atoms with Crippen LogP contribution in [-0.4, -0.2) is 11.1 Å². The number of carboxylic acids is 1. The summed E-state index contributed by atoms with van der Waals surface area (Å²) in [6.07, 6.45) is 3.07. The first-order valence-corrected chi connectivity index (χ1v) is 6.96.